The largest absolute Gasteiger partial charge is 0.466 e. The molecule has 2 unspecified atom stereocenters. The van der Waals surface area contributed by atoms with Crippen molar-refractivity contribution in [3.05, 3.63) is 0 Å². The Bertz CT molecular complexity index is 306. The van der Waals surface area contributed by atoms with Crippen LogP contribution in [0.1, 0.15) is 32.6 Å². The maximum atomic E-state index is 11.9. The van der Waals surface area contributed by atoms with Crippen LogP contribution in [0.3, 0.4) is 0 Å². The Hall–Kier alpha value is -0.610. The van der Waals surface area contributed by atoms with Crippen molar-refractivity contribution in [1.82, 2.24) is 4.90 Å². The van der Waals surface area contributed by atoms with Gasteiger partial charge in [0.2, 0.25) is 0 Å². The molecule has 4 fully saturated rings. The quantitative estimate of drug-likeness (QED) is 0.691. The van der Waals surface area contributed by atoms with E-state index >= 15 is 0 Å². The molecule has 1 aliphatic carbocycles. The predicted molar refractivity (Wildman–Crippen MR) is 62.6 cm³/mol. The summed E-state index contributed by atoms with van der Waals surface area (Å²) in [6.45, 7) is 5.12. The van der Waals surface area contributed by atoms with Gasteiger partial charge in [-0.3, -0.25) is 9.69 Å². The Morgan fingerprint density at radius 1 is 1.47 bits per heavy atom. The Kier molecular flexibility index (Phi) is 2.87. The van der Waals surface area contributed by atoms with Crippen molar-refractivity contribution in [3.63, 3.8) is 0 Å². The fourth-order valence-corrected chi connectivity index (χ4v) is 3.08. The number of morpholine rings is 1. The highest BCUT2D eigenvalue weighted by Crippen LogP contribution is 2.48. The van der Waals surface area contributed by atoms with Crippen LogP contribution in [-0.4, -0.2) is 49.3 Å². The molecule has 0 spiro atoms. The van der Waals surface area contributed by atoms with Crippen LogP contribution in [0.15, 0.2) is 0 Å². The molecule has 0 radical (unpaired) electrons. The van der Waals surface area contributed by atoms with E-state index in [0.29, 0.717) is 18.8 Å². The molecule has 3 saturated heterocycles. The molecule has 0 aromatic carbocycles. The molecule has 96 valence electrons. The molecular weight excluding hydrogens is 218 g/mol. The lowest BCUT2D eigenvalue weighted by Gasteiger charge is -2.46. The lowest BCUT2D eigenvalue weighted by atomic mass is 9.94. The summed E-state index contributed by atoms with van der Waals surface area (Å²) < 4.78 is 10.9. The first kappa shape index (κ1) is 11.5. The highest BCUT2D eigenvalue weighted by atomic mass is 16.5. The van der Waals surface area contributed by atoms with Gasteiger partial charge >= 0.3 is 5.97 Å². The van der Waals surface area contributed by atoms with Crippen molar-refractivity contribution in [2.75, 3.05) is 26.3 Å². The van der Waals surface area contributed by atoms with Crippen molar-refractivity contribution in [2.45, 2.75) is 44.8 Å². The summed E-state index contributed by atoms with van der Waals surface area (Å²) in [5.74, 6) is 0.0161. The highest BCUT2D eigenvalue weighted by molar-refractivity contribution is 5.80. The second-order valence-electron chi connectivity index (χ2n) is 5.62. The summed E-state index contributed by atoms with van der Waals surface area (Å²) in [6.07, 6.45) is 4.82. The second kappa shape index (κ2) is 4.25. The van der Waals surface area contributed by atoms with Gasteiger partial charge < -0.3 is 9.47 Å². The summed E-state index contributed by atoms with van der Waals surface area (Å²) in [5.41, 5.74) is -0.173. The maximum absolute atomic E-state index is 11.9. The summed E-state index contributed by atoms with van der Waals surface area (Å²) in [7, 11) is 0. The van der Waals surface area contributed by atoms with Crippen molar-refractivity contribution in [1.29, 1.82) is 0 Å². The topological polar surface area (TPSA) is 38.8 Å². The van der Waals surface area contributed by atoms with Crippen LogP contribution in [0, 0.1) is 5.41 Å². The minimum absolute atomic E-state index is 0.0161. The smallest absolute Gasteiger partial charge is 0.313 e. The molecule has 0 aromatic rings. The molecule has 3 aliphatic heterocycles. The van der Waals surface area contributed by atoms with Crippen LogP contribution in [0.2, 0.25) is 0 Å². The van der Waals surface area contributed by atoms with Gasteiger partial charge in [-0.15, -0.1) is 0 Å². The first-order valence-electron chi connectivity index (χ1n) is 6.76. The summed E-state index contributed by atoms with van der Waals surface area (Å²) in [6, 6.07) is 0.534. The van der Waals surface area contributed by atoms with E-state index in [2.05, 4.69) is 4.90 Å². The van der Waals surface area contributed by atoms with Crippen molar-refractivity contribution < 1.29 is 14.3 Å². The number of carbonyl (C=O) groups is 1. The number of nitrogens with zero attached hydrogens (tertiary/aromatic N) is 1. The van der Waals surface area contributed by atoms with Crippen molar-refractivity contribution in [3.8, 4) is 0 Å². The predicted octanol–water partition coefficient (Wildman–Crippen LogP) is 1.19. The Labute approximate surface area is 102 Å². The van der Waals surface area contributed by atoms with Gasteiger partial charge in [-0.25, -0.2) is 0 Å². The van der Waals surface area contributed by atoms with Gasteiger partial charge in [0.1, 0.15) is 0 Å². The summed E-state index contributed by atoms with van der Waals surface area (Å²) in [5, 5.41) is 0. The molecule has 4 aliphatic rings. The number of piperidine rings is 1. The SMILES string of the molecule is CCOC(=O)C1(CN2CC3CCC2CO3)CC1. The number of hydrogen-bond donors (Lipinski definition) is 0. The second-order valence-corrected chi connectivity index (χ2v) is 5.62. The summed E-state index contributed by atoms with van der Waals surface area (Å²) >= 11 is 0. The Morgan fingerprint density at radius 2 is 2.29 bits per heavy atom. The molecule has 0 amide bonds. The molecule has 2 bridgehead atoms. The van der Waals surface area contributed by atoms with Crippen LogP contribution in [0.25, 0.3) is 0 Å². The number of esters is 1. The molecule has 1 saturated carbocycles. The third-order valence-electron chi connectivity index (χ3n) is 4.37. The van der Waals surface area contributed by atoms with Gasteiger partial charge in [0.05, 0.1) is 24.7 Å². The van der Waals surface area contributed by atoms with E-state index in [1.165, 1.54) is 12.8 Å². The minimum atomic E-state index is -0.173. The van der Waals surface area contributed by atoms with Gasteiger partial charge in [-0.2, -0.15) is 0 Å². The summed E-state index contributed by atoms with van der Waals surface area (Å²) in [4.78, 5) is 14.4. The minimum Gasteiger partial charge on any atom is -0.466 e. The van der Waals surface area contributed by atoms with Gasteiger partial charge in [0.15, 0.2) is 0 Å². The fourth-order valence-electron chi connectivity index (χ4n) is 3.08. The zero-order valence-corrected chi connectivity index (χ0v) is 10.5. The third-order valence-corrected chi connectivity index (χ3v) is 4.37. The van der Waals surface area contributed by atoms with Crippen LogP contribution in [0.5, 0.6) is 0 Å². The average molecular weight is 239 g/mol. The highest BCUT2D eigenvalue weighted by Gasteiger charge is 2.53. The normalized spacial score (nSPS) is 34.6. The van der Waals surface area contributed by atoms with E-state index in [9.17, 15) is 4.79 Å². The van der Waals surface area contributed by atoms with Gasteiger partial charge in [-0.1, -0.05) is 0 Å². The Morgan fingerprint density at radius 3 is 2.76 bits per heavy atom. The number of ether oxygens (including phenoxy) is 2. The molecule has 4 nitrogen and oxygen atoms in total. The monoisotopic (exact) mass is 239 g/mol. The lowest BCUT2D eigenvalue weighted by molar-refractivity contribution is -0.154. The molecule has 0 aromatic heterocycles. The zero-order valence-electron chi connectivity index (χ0n) is 10.5. The van der Waals surface area contributed by atoms with E-state index in [0.717, 1.165) is 32.5 Å². The Balaban J connectivity index is 1.61. The molecule has 4 rings (SSSR count). The fraction of sp³-hybridized carbons (Fsp3) is 0.923. The maximum Gasteiger partial charge on any atom is 0.313 e. The van der Waals surface area contributed by atoms with E-state index in [4.69, 9.17) is 9.47 Å². The first-order chi connectivity index (χ1) is 8.23. The van der Waals surface area contributed by atoms with Crippen LogP contribution in [-0.2, 0) is 14.3 Å². The van der Waals surface area contributed by atoms with Crippen molar-refractivity contribution >= 4 is 5.97 Å². The van der Waals surface area contributed by atoms with Gasteiger partial charge in [0.25, 0.3) is 0 Å². The van der Waals surface area contributed by atoms with E-state index in [1.54, 1.807) is 0 Å². The van der Waals surface area contributed by atoms with Gasteiger partial charge in [0, 0.05) is 19.1 Å². The van der Waals surface area contributed by atoms with E-state index in [-0.39, 0.29) is 11.4 Å². The van der Waals surface area contributed by atoms with Crippen LogP contribution in [0.4, 0.5) is 0 Å². The molecule has 4 heteroatoms. The average Bonchev–Trinajstić information content (AvgIpc) is 3.12. The molecular formula is C13H21NO3. The number of rotatable bonds is 4. The molecule has 17 heavy (non-hydrogen) atoms. The molecule has 0 N–H and O–H groups in total. The number of fused-ring (bicyclic) bond motifs is 3. The van der Waals surface area contributed by atoms with Crippen LogP contribution < -0.4 is 0 Å². The number of carbonyl (C=O) groups excluding carboxylic acids is 1. The standard InChI is InChI=1S/C13H21NO3/c1-2-16-12(15)13(5-6-13)9-14-7-11-4-3-10(14)8-17-11/h10-11H,2-9H2,1H3. The van der Waals surface area contributed by atoms with Crippen LogP contribution >= 0.6 is 0 Å². The number of hydrogen-bond acceptors (Lipinski definition) is 4. The molecule has 3 heterocycles. The third kappa shape index (κ3) is 2.08. The zero-order chi connectivity index (χ0) is 11.9. The lowest BCUT2D eigenvalue weighted by Crippen LogP contribution is -2.56. The van der Waals surface area contributed by atoms with Gasteiger partial charge in [-0.05, 0) is 32.6 Å². The first-order valence-corrected chi connectivity index (χ1v) is 6.76. The van der Waals surface area contributed by atoms with E-state index < -0.39 is 0 Å². The van der Waals surface area contributed by atoms with Crippen molar-refractivity contribution in [2.24, 2.45) is 5.41 Å². The van der Waals surface area contributed by atoms with E-state index in [1.807, 2.05) is 6.92 Å². The molecule has 2 atom stereocenters.